The van der Waals surface area contributed by atoms with E-state index < -0.39 is 115 Å². The Morgan fingerprint density at radius 1 is 0.730 bits per heavy atom. The average Bonchev–Trinajstić information content (AvgIpc) is 3.85. The number of nitrogens with zero attached hydrogens (tertiary/aromatic N) is 3. The van der Waals surface area contributed by atoms with Crippen LogP contribution < -0.4 is 59.7 Å². The third-order valence-electron chi connectivity index (χ3n) is 11.3. The highest BCUT2D eigenvalue weighted by molar-refractivity contribution is 5.97. The van der Waals surface area contributed by atoms with Crippen molar-refractivity contribution >= 4 is 59.5 Å². The van der Waals surface area contributed by atoms with Crippen molar-refractivity contribution in [2.24, 2.45) is 28.1 Å². The van der Waals surface area contributed by atoms with Crippen molar-refractivity contribution in [3.63, 3.8) is 0 Å². The smallest absolute Gasteiger partial charge is 0.245 e. The number of H-pyrrole nitrogens is 1. The van der Waals surface area contributed by atoms with Gasteiger partial charge in [0.05, 0.1) is 65.4 Å². The lowest BCUT2D eigenvalue weighted by Gasteiger charge is -2.28. The van der Waals surface area contributed by atoms with Crippen molar-refractivity contribution in [2.45, 2.75) is 134 Å². The number of carbonyl (C=O) groups excluding carboxylic acids is 9. The number of benzene rings is 1. The number of nitrogens with one attached hydrogen (secondary N) is 9. The third kappa shape index (κ3) is 24.6. The Bertz CT molecular complexity index is 2150. The number of aliphatic imine (C=N–C) groups is 1. The number of aromatic nitrogens is 2. The summed E-state index contributed by atoms with van der Waals surface area (Å²) in [6, 6.07) is -1.58. The number of aliphatic hydroxyl groups excluding tert-OH is 2. The first kappa shape index (κ1) is 63.1. The number of carbonyl (C=O) groups is 9. The molecule has 1 aromatic carbocycles. The Morgan fingerprint density at radius 2 is 1.35 bits per heavy atom. The lowest BCUT2D eigenvalue weighted by atomic mass is 10.0. The van der Waals surface area contributed by atoms with E-state index in [0.29, 0.717) is 47.8 Å². The van der Waals surface area contributed by atoms with Crippen molar-refractivity contribution in [3.05, 3.63) is 54.1 Å². The summed E-state index contributed by atoms with van der Waals surface area (Å²) >= 11 is 0. The third-order valence-corrected chi connectivity index (χ3v) is 11.3. The van der Waals surface area contributed by atoms with Gasteiger partial charge < -0.3 is 84.2 Å². The fourth-order valence-corrected chi connectivity index (χ4v) is 7.27. The molecule has 0 bridgehead atoms. The summed E-state index contributed by atoms with van der Waals surface area (Å²) in [5.41, 5.74) is 17.8. The number of hydrogen-bond acceptors (Lipinski definition) is 14. The first-order chi connectivity index (χ1) is 34.8. The Kier molecular flexibility index (Phi) is 27.5. The summed E-state index contributed by atoms with van der Waals surface area (Å²) < 4.78 is 0.610. The molecular formula is C48H80N15O11+. The number of guanidine groups is 1. The van der Waals surface area contributed by atoms with E-state index in [1.807, 2.05) is 21.1 Å². The van der Waals surface area contributed by atoms with Gasteiger partial charge >= 0.3 is 0 Å². The standard InChI is InChI=1S/C48H79N15O11/c1-28(2)20-36(60-41(68)29(3)56-44(71)37(21-31-14-9-8-10-15-31)58-39(67)24-54-42(69)34(49)16-13-18-53-48(50)51)45(72)59-35(17-11-12-19-63(5,6)7)43(70)61-38(26-65)46(73)62-40(30(4)66)47(74)57-33(25-64)22-32-23-52-27-55-32/h8-10,14-15,23,25,27-30,33-38,40,65-66H,11-13,16-22,24,26,49H2,1-7H3,(H12-,50,51,52,53,54,55,56,57,58,59,60,61,62,67,68,69,70,71,72,73,74)/p+1/t29-,30+,33-,34-,35-,36-,37-,38-,40-/m0/s1. The number of unbranched alkanes of at least 4 members (excludes halogenated alkanes) is 1. The SMILES string of the molecule is CC(C)C[C@H](NC(=O)[C@H](C)NC(=O)[C@H](Cc1ccccc1)NC(=O)CNC(=O)[C@@H](N)CCCN=C(N)N)C(=O)N[C@@H](CCCC[N+](C)(C)C)C(=O)N[C@@H](CO)C(=O)N[C@H](C(=O)N[C@H](C=O)Cc1cnc[nH]1)[C@@H](C)O. The van der Waals surface area contributed by atoms with Crippen LogP contribution in [0.4, 0.5) is 0 Å². The van der Waals surface area contributed by atoms with Crippen LogP contribution in [0, 0.1) is 5.92 Å². The van der Waals surface area contributed by atoms with Crippen LogP contribution in [0.1, 0.15) is 77.5 Å². The van der Waals surface area contributed by atoms with Crippen LogP contribution in [0.3, 0.4) is 0 Å². The normalized spacial score (nSPS) is 15.0. The molecule has 0 spiro atoms. The van der Waals surface area contributed by atoms with Crippen LogP contribution in [-0.4, -0.2) is 186 Å². The van der Waals surface area contributed by atoms with Crippen molar-refractivity contribution in [3.8, 4) is 0 Å². The van der Waals surface area contributed by atoms with Crippen molar-refractivity contribution in [2.75, 3.05) is 47.4 Å². The highest BCUT2D eigenvalue weighted by Gasteiger charge is 2.34. The van der Waals surface area contributed by atoms with Gasteiger partial charge in [-0.15, -0.1) is 0 Å². The summed E-state index contributed by atoms with van der Waals surface area (Å²) in [7, 11) is 5.96. The second-order valence-corrected chi connectivity index (χ2v) is 19.6. The van der Waals surface area contributed by atoms with Gasteiger partial charge in [-0.3, -0.25) is 43.3 Å². The quantitative estimate of drug-likeness (QED) is 0.0104. The summed E-state index contributed by atoms with van der Waals surface area (Å²) in [5, 5.41) is 40.9. The topological polar surface area (TPSA) is 409 Å². The van der Waals surface area contributed by atoms with Gasteiger partial charge in [-0.05, 0) is 63.9 Å². The zero-order valence-electron chi connectivity index (χ0n) is 43.5. The second-order valence-electron chi connectivity index (χ2n) is 19.6. The number of amides is 8. The molecule has 412 valence electrons. The second kappa shape index (κ2) is 32.2. The average molecular weight is 1040 g/mol. The first-order valence-corrected chi connectivity index (χ1v) is 24.6. The number of imidazole rings is 1. The van der Waals surface area contributed by atoms with Crippen LogP contribution >= 0.6 is 0 Å². The fraction of sp³-hybridized carbons (Fsp3) is 0.604. The molecule has 0 aliphatic rings. The van der Waals surface area contributed by atoms with Gasteiger partial charge in [0.2, 0.25) is 47.3 Å². The minimum atomic E-state index is -1.67. The highest BCUT2D eigenvalue weighted by atomic mass is 16.3. The van der Waals surface area contributed by atoms with Crippen LogP contribution in [0.25, 0.3) is 0 Å². The van der Waals surface area contributed by atoms with Crippen molar-refractivity contribution < 1.29 is 57.8 Å². The molecule has 0 aliphatic heterocycles. The van der Waals surface area contributed by atoms with Crippen LogP contribution in [0.5, 0.6) is 0 Å². The Balaban J connectivity index is 2.23. The molecule has 8 amide bonds. The summed E-state index contributed by atoms with van der Waals surface area (Å²) in [5.74, 6) is -6.74. The molecule has 1 heterocycles. The van der Waals surface area contributed by atoms with E-state index >= 15 is 0 Å². The van der Waals surface area contributed by atoms with Gasteiger partial charge in [0.25, 0.3) is 0 Å². The van der Waals surface area contributed by atoms with E-state index in [-0.39, 0.29) is 50.5 Å². The predicted octanol–water partition coefficient (Wildman–Crippen LogP) is -4.40. The molecule has 2 rings (SSSR count). The fourth-order valence-electron chi connectivity index (χ4n) is 7.27. The molecule has 0 radical (unpaired) electrons. The van der Waals surface area contributed by atoms with Crippen molar-refractivity contribution in [1.82, 2.24) is 52.5 Å². The monoisotopic (exact) mass is 1040 g/mol. The molecular weight excluding hydrogens is 963 g/mol. The predicted molar refractivity (Wildman–Crippen MR) is 274 cm³/mol. The zero-order valence-corrected chi connectivity index (χ0v) is 43.5. The maximum atomic E-state index is 14.1. The molecule has 9 atom stereocenters. The van der Waals surface area contributed by atoms with Gasteiger partial charge in [0.15, 0.2) is 5.96 Å². The number of aldehydes is 1. The van der Waals surface area contributed by atoms with Gasteiger partial charge in [0.1, 0.15) is 42.5 Å². The number of quaternary nitrogens is 1. The van der Waals surface area contributed by atoms with Crippen LogP contribution in [0.2, 0.25) is 0 Å². The van der Waals surface area contributed by atoms with Gasteiger partial charge in [0, 0.05) is 31.3 Å². The molecule has 0 saturated carbocycles. The molecule has 17 N–H and O–H groups in total. The lowest BCUT2D eigenvalue weighted by Crippen LogP contribution is -2.61. The summed E-state index contributed by atoms with van der Waals surface area (Å²) in [6.45, 7) is 5.72. The minimum absolute atomic E-state index is 0.00594. The zero-order chi connectivity index (χ0) is 55.5. The van der Waals surface area contributed by atoms with E-state index in [1.54, 1.807) is 44.2 Å². The Labute approximate surface area is 431 Å². The van der Waals surface area contributed by atoms with Gasteiger partial charge in [-0.2, -0.15) is 0 Å². The molecule has 26 heteroatoms. The maximum absolute atomic E-state index is 14.1. The molecule has 0 unspecified atom stereocenters. The number of rotatable bonds is 34. The highest BCUT2D eigenvalue weighted by Crippen LogP contribution is 2.11. The summed E-state index contributed by atoms with van der Waals surface area (Å²) in [6.07, 6.45) is 3.73. The number of nitrogens with two attached hydrogens (primary N) is 3. The van der Waals surface area contributed by atoms with E-state index in [2.05, 4.69) is 57.5 Å². The first-order valence-electron chi connectivity index (χ1n) is 24.6. The van der Waals surface area contributed by atoms with Crippen LogP contribution in [-0.2, 0) is 56.0 Å². The maximum Gasteiger partial charge on any atom is 0.245 e. The molecule has 0 aliphatic carbocycles. The summed E-state index contributed by atoms with van der Waals surface area (Å²) in [4.78, 5) is 130. The molecule has 74 heavy (non-hydrogen) atoms. The molecule has 1 aromatic heterocycles. The number of hydrogen-bond donors (Lipinski definition) is 14. The molecule has 0 saturated heterocycles. The van der Waals surface area contributed by atoms with Gasteiger partial charge in [-0.25, -0.2) is 4.98 Å². The Morgan fingerprint density at radius 3 is 1.93 bits per heavy atom. The number of aromatic amines is 1. The van der Waals surface area contributed by atoms with Gasteiger partial charge in [-0.1, -0.05) is 44.2 Å². The number of aliphatic hydroxyl groups is 2. The molecule has 0 fully saturated rings. The largest absolute Gasteiger partial charge is 0.394 e. The Hall–Kier alpha value is -7.03. The van der Waals surface area contributed by atoms with Crippen LogP contribution in [0.15, 0.2) is 47.8 Å². The van der Waals surface area contributed by atoms with E-state index in [0.717, 1.165) is 0 Å². The minimum Gasteiger partial charge on any atom is -0.394 e. The van der Waals surface area contributed by atoms with E-state index in [4.69, 9.17) is 17.2 Å². The molecule has 26 nitrogen and oxygen atoms in total. The van der Waals surface area contributed by atoms with E-state index in [9.17, 15) is 53.4 Å². The van der Waals surface area contributed by atoms with Crippen molar-refractivity contribution in [1.29, 1.82) is 0 Å². The molecule has 2 aromatic rings. The van der Waals surface area contributed by atoms with E-state index in [1.165, 1.54) is 26.4 Å². The lowest BCUT2D eigenvalue weighted by molar-refractivity contribution is -0.870.